The van der Waals surface area contributed by atoms with Crippen molar-refractivity contribution in [3.05, 3.63) is 22.7 Å². The van der Waals surface area contributed by atoms with Crippen LogP contribution >= 0.6 is 11.6 Å². The summed E-state index contributed by atoms with van der Waals surface area (Å²) in [6.45, 7) is 4.97. The van der Waals surface area contributed by atoms with Gasteiger partial charge in [0.15, 0.2) is 0 Å². The van der Waals surface area contributed by atoms with E-state index in [1.807, 2.05) is 12.1 Å². The molecule has 0 radical (unpaired) electrons. The van der Waals surface area contributed by atoms with E-state index in [-0.39, 0.29) is 11.5 Å². The topological polar surface area (TPSA) is 50.4 Å². The number of carbonyl (C=O) groups is 1. The van der Waals surface area contributed by atoms with Crippen LogP contribution in [0.4, 0.5) is 11.4 Å². The van der Waals surface area contributed by atoms with Gasteiger partial charge >= 0.3 is 0 Å². The molecule has 2 N–H and O–H groups in total. The Hall–Kier alpha value is -1.26. The van der Waals surface area contributed by atoms with Gasteiger partial charge in [0.25, 0.3) is 0 Å². The number of nitrogens with one attached hydrogen (secondary N) is 2. The Morgan fingerprint density at radius 1 is 1.45 bits per heavy atom. The lowest BCUT2D eigenvalue weighted by Gasteiger charge is -2.36. The number of carbonyl (C=O) groups excluding carboxylic acids is 1. The number of rotatable bonds is 2. The summed E-state index contributed by atoms with van der Waals surface area (Å²) < 4.78 is 5.72. The van der Waals surface area contributed by atoms with E-state index in [0.29, 0.717) is 17.5 Å². The number of hydrogen-bond donors (Lipinski definition) is 2. The van der Waals surface area contributed by atoms with Gasteiger partial charge in [0.05, 0.1) is 22.7 Å². The molecule has 1 aromatic carbocycles. The molecule has 0 saturated carbocycles. The van der Waals surface area contributed by atoms with Crippen LogP contribution in [-0.4, -0.2) is 24.2 Å². The second-order valence-corrected chi connectivity index (χ2v) is 6.56. The van der Waals surface area contributed by atoms with Gasteiger partial charge in [0, 0.05) is 18.3 Å². The molecule has 3 rings (SSSR count). The number of ether oxygens (including phenoxy) is 1. The van der Waals surface area contributed by atoms with Crippen LogP contribution in [0.2, 0.25) is 5.02 Å². The van der Waals surface area contributed by atoms with Gasteiger partial charge in [-0.15, -0.1) is 0 Å². The zero-order valence-corrected chi connectivity index (χ0v) is 12.5. The second kappa shape index (κ2) is 4.93. The quantitative estimate of drug-likeness (QED) is 0.880. The van der Waals surface area contributed by atoms with E-state index in [0.717, 1.165) is 36.4 Å². The Labute approximate surface area is 123 Å². The van der Waals surface area contributed by atoms with Crippen LogP contribution in [0, 0.1) is 0 Å². The minimum atomic E-state index is -0.101. The molecular formula is C15H19ClN2O2. The molecule has 108 valence electrons. The third kappa shape index (κ3) is 2.76. The average Bonchev–Trinajstić information content (AvgIpc) is 2.67. The van der Waals surface area contributed by atoms with Crippen molar-refractivity contribution in [1.29, 1.82) is 0 Å². The minimum Gasteiger partial charge on any atom is -0.381 e. The Bertz CT molecular complexity index is 557. The first kappa shape index (κ1) is 13.7. The molecule has 1 unspecified atom stereocenters. The van der Waals surface area contributed by atoms with Gasteiger partial charge in [0.1, 0.15) is 0 Å². The molecule has 0 bridgehead atoms. The van der Waals surface area contributed by atoms with E-state index in [2.05, 4.69) is 24.5 Å². The molecule has 20 heavy (non-hydrogen) atoms. The number of halogens is 1. The molecule has 5 heteroatoms. The average molecular weight is 295 g/mol. The number of fused-ring (bicyclic) bond motifs is 1. The molecule has 1 saturated heterocycles. The zero-order valence-electron chi connectivity index (χ0n) is 11.8. The number of anilines is 2. The van der Waals surface area contributed by atoms with E-state index < -0.39 is 0 Å². The summed E-state index contributed by atoms with van der Waals surface area (Å²) in [6, 6.07) is 4.16. The third-order valence-electron chi connectivity index (χ3n) is 3.87. The summed E-state index contributed by atoms with van der Waals surface area (Å²) in [6.07, 6.45) is 2.34. The summed E-state index contributed by atoms with van der Waals surface area (Å²) in [5.74, 6) is 0.0282. The lowest BCUT2D eigenvalue weighted by molar-refractivity contribution is -0.115. The summed E-state index contributed by atoms with van der Waals surface area (Å²) in [4.78, 5) is 11.4. The Morgan fingerprint density at radius 3 is 3.00 bits per heavy atom. The number of benzene rings is 1. The van der Waals surface area contributed by atoms with Gasteiger partial charge in [-0.05, 0) is 44.4 Å². The predicted octanol–water partition coefficient (Wildman–Crippen LogP) is 3.20. The maximum absolute atomic E-state index is 11.4. The van der Waals surface area contributed by atoms with Crippen molar-refractivity contribution in [2.45, 2.75) is 44.8 Å². The summed E-state index contributed by atoms with van der Waals surface area (Å²) >= 11 is 6.30. The van der Waals surface area contributed by atoms with Crippen molar-refractivity contribution in [2.75, 3.05) is 17.2 Å². The highest BCUT2D eigenvalue weighted by Crippen LogP contribution is 2.35. The first-order valence-electron chi connectivity index (χ1n) is 6.96. The molecule has 1 aromatic rings. The fourth-order valence-electron chi connectivity index (χ4n) is 2.93. The third-order valence-corrected chi connectivity index (χ3v) is 4.19. The van der Waals surface area contributed by atoms with E-state index in [1.54, 1.807) is 0 Å². The second-order valence-electron chi connectivity index (χ2n) is 6.16. The fraction of sp³-hybridized carbons (Fsp3) is 0.533. The number of hydrogen-bond acceptors (Lipinski definition) is 3. The van der Waals surface area contributed by atoms with Crippen LogP contribution < -0.4 is 10.6 Å². The highest BCUT2D eigenvalue weighted by Gasteiger charge is 2.29. The van der Waals surface area contributed by atoms with E-state index in [4.69, 9.17) is 16.3 Å². The first-order valence-corrected chi connectivity index (χ1v) is 7.33. The van der Waals surface area contributed by atoms with Crippen LogP contribution in [-0.2, 0) is 16.0 Å². The van der Waals surface area contributed by atoms with E-state index in [1.165, 1.54) is 0 Å². The Balaban J connectivity index is 1.78. The van der Waals surface area contributed by atoms with Crippen LogP contribution in [0.25, 0.3) is 0 Å². The van der Waals surface area contributed by atoms with Crippen LogP contribution in [0.5, 0.6) is 0 Å². The molecule has 2 aliphatic rings. The largest absolute Gasteiger partial charge is 0.381 e. The van der Waals surface area contributed by atoms with Gasteiger partial charge in [-0.2, -0.15) is 0 Å². The van der Waals surface area contributed by atoms with Crippen LogP contribution in [0.1, 0.15) is 32.3 Å². The maximum atomic E-state index is 11.4. The van der Waals surface area contributed by atoms with Gasteiger partial charge in [-0.1, -0.05) is 11.6 Å². The van der Waals surface area contributed by atoms with E-state index >= 15 is 0 Å². The highest BCUT2D eigenvalue weighted by molar-refractivity contribution is 6.33. The zero-order chi connectivity index (χ0) is 14.3. The van der Waals surface area contributed by atoms with Crippen LogP contribution in [0.3, 0.4) is 0 Å². The molecular weight excluding hydrogens is 276 g/mol. The van der Waals surface area contributed by atoms with Crippen molar-refractivity contribution in [3.63, 3.8) is 0 Å². The molecule has 2 aliphatic heterocycles. The summed E-state index contributed by atoms with van der Waals surface area (Å²) in [5, 5.41) is 6.96. The molecule has 0 spiro atoms. The molecule has 1 amide bonds. The van der Waals surface area contributed by atoms with Crippen LogP contribution in [0.15, 0.2) is 12.1 Å². The molecule has 0 aliphatic carbocycles. The molecule has 1 atom stereocenters. The lowest BCUT2D eigenvalue weighted by atomic mass is 9.93. The predicted molar refractivity (Wildman–Crippen MR) is 80.5 cm³/mol. The molecule has 0 aromatic heterocycles. The standard InChI is InChI=1S/C15H19ClN2O2/c1-15(2)8-10(3-4-20-15)17-13-5-9-6-14(19)18-12(9)7-11(13)16/h5,7,10,17H,3-4,6,8H2,1-2H3,(H,18,19). The monoisotopic (exact) mass is 294 g/mol. The Kier molecular flexibility index (Phi) is 3.38. The van der Waals surface area contributed by atoms with Gasteiger partial charge in [0.2, 0.25) is 5.91 Å². The van der Waals surface area contributed by atoms with Crippen molar-refractivity contribution in [3.8, 4) is 0 Å². The van der Waals surface area contributed by atoms with Gasteiger partial charge in [-0.3, -0.25) is 4.79 Å². The Morgan fingerprint density at radius 2 is 2.25 bits per heavy atom. The normalized spacial score (nSPS) is 24.1. The van der Waals surface area contributed by atoms with Crippen molar-refractivity contribution >= 4 is 28.9 Å². The molecule has 4 nitrogen and oxygen atoms in total. The lowest BCUT2D eigenvalue weighted by Crippen LogP contribution is -2.40. The van der Waals surface area contributed by atoms with Gasteiger partial charge in [-0.25, -0.2) is 0 Å². The first-order chi connectivity index (χ1) is 9.43. The fourth-order valence-corrected chi connectivity index (χ4v) is 3.15. The smallest absolute Gasteiger partial charge is 0.228 e. The summed E-state index contributed by atoms with van der Waals surface area (Å²) in [5.41, 5.74) is 2.65. The van der Waals surface area contributed by atoms with E-state index in [9.17, 15) is 4.79 Å². The SMILES string of the molecule is CC1(C)CC(Nc2cc3c(cc2Cl)NC(=O)C3)CCO1. The summed E-state index contributed by atoms with van der Waals surface area (Å²) in [7, 11) is 0. The molecule has 2 heterocycles. The van der Waals surface area contributed by atoms with Gasteiger partial charge < -0.3 is 15.4 Å². The highest BCUT2D eigenvalue weighted by atomic mass is 35.5. The van der Waals surface area contributed by atoms with Crippen molar-refractivity contribution in [2.24, 2.45) is 0 Å². The minimum absolute atomic E-state index is 0.0282. The molecule has 1 fully saturated rings. The maximum Gasteiger partial charge on any atom is 0.228 e. The number of amides is 1. The van der Waals surface area contributed by atoms with Crippen molar-refractivity contribution < 1.29 is 9.53 Å². The van der Waals surface area contributed by atoms with Crippen molar-refractivity contribution in [1.82, 2.24) is 0 Å².